The maximum absolute atomic E-state index is 11.4. The molecule has 0 radical (unpaired) electrons. The maximum Gasteiger partial charge on any atom is 0.220 e. The van der Waals surface area contributed by atoms with E-state index < -0.39 is 0 Å². The molecule has 1 aliphatic rings. The van der Waals surface area contributed by atoms with Gasteiger partial charge in [0, 0.05) is 12.5 Å². The van der Waals surface area contributed by atoms with Crippen molar-refractivity contribution >= 4 is 5.91 Å². The largest absolute Gasteiger partial charge is 0.353 e. The van der Waals surface area contributed by atoms with E-state index in [-0.39, 0.29) is 5.91 Å². The molecular weight excluding hydrogens is 200 g/mol. The Balaban J connectivity index is 1.88. The Hall–Kier alpha value is -0.570. The van der Waals surface area contributed by atoms with Crippen molar-refractivity contribution in [3.8, 4) is 0 Å². The highest BCUT2D eigenvalue weighted by Crippen LogP contribution is 2.18. The standard InChI is InChI=1S/C13H26N2O/c1-3-11(4-2)10-14-9-5-6-13(16)15-12-7-8-12/h11-12,14H,3-10H2,1-2H3,(H,15,16). The molecular formula is C13H26N2O. The van der Waals surface area contributed by atoms with Gasteiger partial charge in [-0.2, -0.15) is 0 Å². The van der Waals surface area contributed by atoms with Crippen LogP contribution in [0.4, 0.5) is 0 Å². The molecule has 94 valence electrons. The first-order valence-electron chi connectivity index (χ1n) is 6.76. The van der Waals surface area contributed by atoms with Crippen LogP contribution < -0.4 is 10.6 Å². The molecule has 2 N–H and O–H groups in total. The van der Waals surface area contributed by atoms with Crippen LogP contribution in [-0.2, 0) is 4.79 Å². The summed E-state index contributed by atoms with van der Waals surface area (Å²) >= 11 is 0. The molecule has 0 unspecified atom stereocenters. The molecule has 0 atom stereocenters. The van der Waals surface area contributed by atoms with Crippen LogP contribution in [-0.4, -0.2) is 25.0 Å². The second-order valence-corrected chi connectivity index (χ2v) is 4.83. The number of amides is 1. The van der Waals surface area contributed by atoms with E-state index in [0.29, 0.717) is 12.5 Å². The van der Waals surface area contributed by atoms with Gasteiger partial charge in [0.05, 0.1) is 0 Å². The molecule has 0 bridgehead atoms. The molecule has 0 aromatic rings. The van der Waals surface area contributed by atoms with Gasteiger partial charge in [0.15, 0.2) is 0 Å². The summed E-state index contributed by atoms with van der Waals surface area (Å²) in [7, 11) is 0. The van der Waals surface area contributed by atoms with Gasteiger partial charge in [-0.1, -0.05) is 26.7 Å². The molecule has 0 aromatic carbocycles. The monoisotopic (exact) mass is 226 g/mol. The average Bonchev–Trinajstić information content (AvgIpc) is 3.07. The summed E-state index contributed by atoms with van der Waals surface area (Å²) in [5.41, 5.74) is 0. The number of hydrogen-bond donors (Lipinski definition) is 2. The molecule has 0 aromatic heterocycles. The summed E-state index contributed by atoms with van der Waals surface area (Å²) in [6.07, 6.45) is 6.47. The van der Waals surface area contributed by atoms with Crippen molar-refractivity contribution in [2.75, 3.05) is 13.1 Å². The van der Waals surface area contributed by atoms with E-state index in [9.17, 15) is 4.79 Å². The highest BCUT2D eigenvalue weighted by atomic mass is 16.1. The number of nitrogens with one attached hydrogen (secondary N) is 2. The molecule has 0 heterocycles. The van der Waals surface area contributed by atoms with E-state index in [1.807, 2.05) is 0 Å². The summed E-state index contributed by atoms with van der Waals surface area (Å²) in [5.74, 6) is 1.02. The minimum atomic E-state index is 0.229. The lowest BCUT2D eigenvalue weighted by molar-refractivity contribution is -0.121. The first-order valence-corrected chi connectivity index (χ1v) is 6.76. The smallest absolute Gasteiger partial charge is 0.220 e. The fourth-order valence-electron chi connectivity index (χ4n) is 1.78. The van der Waals surface area contributed by atoms with E-state index in [2.05, 4.69) is 24.5 Å². The fourth-order valence-corrected chi connectivity index (χ4v) is 1.78. The Bertz CT molecular complexity index is 198. The van der Waals surface area contributed by atoms with Gasteiger partial charge in [-0.05, 0) is 38.3 Å². The summed E-state index contributed by atoms with van der Waals surface area (Å²) in [5, 5.41) is 6.44. The van der Waals surface area contributed by atoms with Crippen molar-refractivity contribution < 1.29 is 4.79 Å². The SMILES string of the molecule is CCC(CC)CNCCCC(=O)NC1CC1. The highest BCUT2D eigenvalue weighted by molar-refractivity contribution is 5.76. The molecule has 0 saturated heterocycles. The van der Waals surface area contributed by atoms with Crippen LogP contribution in [0, 0.1) is 5.92 Å². The topological polar surface area (TPSA) is 41.1 Å². The van der Waals surface area contributed by atoms with Crippen LogP contribution in [0.5, 0.6) is 0 Å². The van der Waals surface area contributed by atoms with E-state index >= 15 is 0 Å². The number of carbonyl (C=O) groups excluding carboxylic acids is 1. The molecule has 0 spiro atoms. The zero-order valence-electron chi connectivity index (χ0n) is 10.7. The molecule has 1 fully saturated rings. The predicted molar refractivity (Wildman–Crippen MR) is 67.3 cm³/mol. The zero-order valence-corrected chi connectivity index (χ0v) is 10.7. The zero-order chi connectivity index (χ0) is 11.8. The van der Waals surface area contributed by atoms with Crippen LogP contribution >= 0.6 is 0 Å². The van der Waals surface area contributed by atoms with Crippen molar-refractivity contribution in [2.45, 2.75) is 58.4 Å². The number of carbonyl (C=O) groups is 1. The lowest BCUT2D eigenvalue weighted by Crippen LogP contribution is -2.27. The molecule has 3 nitrogen and oxygen atoms in total. The molecule has 1 aliphatic carbocycles. The minimum absolute atomic E-state index is 0.229. The van der Waals surface area contributed by atoms with Crippen molar-refractivity contribution in [3.05, 3.63) is 0 Å². The first kappa shape index (κ1) is 13.5. The Labute approximate surface area is 99.4 Å². The molecule has 1 rings (SSSR count). The summed E-state index contributed by atoms with van der Waals surface area (Å²) in [6, 6.07) is 0.505. The average molecular weight is 226 g/mol. The quantitative estimate of drug-likeness (QED) is 0.591. The van der Waals surface area contributed by atoms with Gasteiger partial charge in [-0.3, -0.25) is 4.79 Å². The lowest BCUT2D eigenvalue weighted by Gasteiger charge is -2.12. The van der Waals surface area contributed by atoms with E-state index in [4.69, 9.17) is 0 Å². The van der Waals surface area contributed by atoms with Crippen LogP contribution in [0.1, 0.15) is 52.4 Å². The Morgan fingerprint density at radius 3 is 2.56 bits per heavy atom. The normalized spacial score (nSPS) is 15.4. The molecule has 0 aliphatic heterocycles. The minimum Gasteiger partial charge on any atom is -0.353 e. The maximum atomic E-state index is 11.4. The predicted octanol–water partition coefficient (Wildman–Crippen LogP) is 2.07. The fraction of sp³-hybridized carbons (Fsp3) is 0.923. The van der Waals surface area contributed by atoms with Crippen molar-refractivity contribution in [1.29, 1.82) is 0 Å². The Morgan fingerprint density at radius 1 is 1.31 bits per heavy atom. The third-order valence-electron chi connectivity index (χ3n) is 3.29. The Morgan fingerprint density at radius 2 is 2.00 bits per heavy atom. The van der Waals surface area contributed by atoms with Gasteiger partial charge in [0.1, 0.15) is 0 Å². The molecule has 16 heavy (non-hydrogen) atoms. The first-order chi connectivity index (χ1) is 7.76. The molecule has 1 saturated carbocycles. The Kier molecular flexibility index (Phi) is 6.46. The molecule has 1 amide bonds. The molecule has 3 heteroatoms. The second-order valence-electron chi connectivity index (χ2n) is 4.83. The van der Waals surface area contributed by atoms with Crippen molar-refractivity contribution in [3.63, 3.8) is 0 Å². The van der Waals surface area contributed by atoms with Crippen LogP contribution in [0.3, 0.4) is 0 Å². The van der Waals surface area contributed by atoms with Gasteiger partial charge in [0.25, 0.3) is 0 Å². The highest BCUT2D eigenvalue weighted by Gasteiger charge is 2.22. The third-order valence-corrected chi connectivity index (χ3v) is 3.29. The van der Waals surface area contributed by atoms with Crippen molar-refractivity contribution in [2.24, 2.45) is 5.92 Å². The van der Waals surface area contributed by atoms with Crippen LogP contribution in [0.2, 0.25) is 0 Å². The van der Waals surface area contributed by atoms with Gasteiger partial charge < -0.3 is 10.6 Å². The van der Waals surface area contributed by atoms with E-state index in [0.717, 1.165) is 25.4 Å². The van der Waals surface area contributed by atoms with Gasteiger partial charge in [-0.15, -0.1) is 0 Å². The second kappa shape index (κ2) is 7.66. The lowest BCUT2D eigenvalue weighted by atomic mass is 10.0. The van der Waals surface area contributed by atoms with Crippen molar-refractivity contribution in [1.82, 2.24) is 10.6 Å². The van der Waals surface area contributed by atoms with E-state index in [1.165, 1.54) is 25.7 Å². The summed E-state index contributed by atoms with van der Waals surface area (Å²) in [4.78, 5) is 11.4. The van der Waals surface area contributed by atoms with E-state index in [1.54, 1.807) is 0 Å². The number of rotatable bonds is 9. The van der Waals surface area contributed by atoms with Gasteiger partial charge in [-0.25, -0.2) is 0 Å². The van der Waals surface area contributed by atoms with Gasteiger partial charge in [0.2, 0.25) is 5.91 Å². The number of hydrogen-bond acceptors (Lipinski definition) is 2. The third kappa shape index (κ3) is 6.11. The van der Waals surface area contributed by atoms with Crippen LogP contribution in [0.25, 0.3) is 0 Å². The summed E-state index contributed by atoms with van der Waals surface area (Å²) < 4.78 is 0. The van der Waals surface area contributed by atoms with Gasteiger partial charge >= 0.3 is 0 Å². The summed E-state index contributed by atoms with van der Waals surface area (Å²) in [6.45, 7) is 6.53. The van der Waals surface area contributed by atoms with Crippen LogP contribution in [0.15, 0.2) is 0 Å².